The van der Waals surface area contributed by atoms with Crippen LogP contribution < -0.4 is 10.9 Å². The largest absolute Gasteiger partial charge is 0.350 e. The monoisotopic (exact) mass is 359 g/mol. The van der Waals surface area contributed by atoms with Gasteiger partial charge in [0.15, 0.2) is 5.69 Å². The molecule has 0 fully saturated rings. The summed E-state index contributed by atoms with van der Waals surface area (Å²) in [4.78, 5) is 24.1. The van der Waals surface area contributed by atoms with Crippen molar-refractivity contribution in [2.45, 2.75) is 4.90 Å². The molecule has 0 bridgehead atoms. The summed E-state index contributed by atoms with van der Waals surface area (Å²) < 4.78 is 25.7. The van der Waals surface area contributed by atoms with Gasteiger partial charge in [-0.1, -0.05) is 30.3 Å². The third-order valence-corrected chi connectivity index (χ3v) is 4.96. The van der Waals surface area contributed by atoms with E-state index < -0.39 is 22.5 Å². The molecular formula is C17H14FN3O3S. The minimum Gasteiger partial charge on any atom is -0.350 e. The standard InChI is InChI=1S/C17H14FN3O3S/c18-13-7-3-4-8-14(13)25(24)10-9-19-17(23)15-11-5-1-2-6-12(11)16(22)21-20-15/h1-8H,9-10H2,(H,19,23)(H,21,22). The highest BCUT2D eigenvalue weighted by atomic mass is 32.2. The molecule has 0 aliphatic heterocycles. The van der Waals surface area contributed by atoms with Crippen molar-refractivity contribution in [3.05, 3.63) is 70.4 Å². The maximum Gasteiger partial charge on any atom is 0.272 e. The minimum atomic E-state index is -1.57. The number of carbonyl (C=O) groups is 1. The van der Waals surface area contributed by atoms with E-state index in [9.17, 15) is 18.2 Å². The summed E-state index contributed by atoms with van der Waals surface area (Å²) in [5.74, 6) is -0.980. The lowest BCUT2D eigenvalue weighted by Crippen LogP contribution is -2.30. The number of benzene rings is 2. The fourth-order valence-corrected chi connectivity index (χ4v) is 3.39. The molecule has 25 heavy (non-hydrogen) atoms. The van der Waals surface area contributed by atoms with E-state index in [1.807, 2.05) is 0 Å². The quantitative estimate of drug-likeness (QED) is 0.724. The summed E-state index contributed by atoms with van der Waals surface area (Å²) in [7, 11) is -1.57. The molecule has 0 saturated heterocycles. The Morgan fingerprint density at radius 1 is 1.12 bits per heavy atom. The van der Waals surface area contributed by atoms with Crippen LogP contribution in [0.1, 0.15) is 10.5 Å². The van der Waals surface area contributed by atoms with Crippen molar-refractivity contribution in [2.24, 2.45) is 0 Å². The minimum absolute atomic E-state index is 0.0635. The molecule has 2 aromatic carbocycles. The second-order valence-corrected chi connectivity index (χ2v) is 6.72. The molecule has 1 unspecified atom stereocenters. The molecule has 1 aromatic heterocycles. The van der Waals surface area contributed by atoms with Gasteiger partial charge in [0.05, 0.1) is 21.1 Å². The van der Waals surface area contributed by atoms with E-state index in [0.29, 0.717) is 10.8 Å². The van der Waals surface area contributed by atoms with E-state index in [2.05, 4.69) is 15.5 Å². The highest BCUT2D eigenvalue weighted by Gasteiger charge is 2.14. The van der Waals surface area contributed by atoms with Crippen molar-refractivity contribution in [3.63, 3.8) is 0 Å². The first-order valence-corrected chi connectivity index (χ1v) is 8.78. The van der Waals surface area contributed by atoms with Gasteiger partial charge in [-0.3, -0.25) is 13.8 Å². The number of hydrogen-bond donors (Lipinski definition) is 2. The Morgan fingerprint density at radius 2 is 1.80 bits per heavy atom. The second kappa shape index (κ2) is 7.35. The number of H-pyrrole nitrogens is 1. The molecular weight excluding hydrogens is 345 g/mol. The average Bonchev–Trinajstić information content (AvgIpc) is 2.62. The first-order chi connectivity index (χ1) is 12.1. The van der Waals surface area contributed by atoms with Gasteiger partial charge in [-0.2, -0.15) is 5.10 Å². The zero-order valence-electron chi connectivity index (χ0n) is 13.0. The number of halogens is 1. The summed E-state index contributed by atoms with van der Waals surface area (Å²) in [5, 5.41) is 9.45. The van der Waals surface area contributed by atoms with Gasteiger partial charge >= 0.3 is 0 Å². The number of amides is 1. The molecule has 1 atom stereocenters. The van der Waals surface area contributed by atoms with Crippen LogP contribution in [0.5, 0.6) is 0 Å². The van der Waals surface area contributed by atoms with E-state index >= 15 is 0 Å². The number of aromatic amines is 1. The van der Waals surface area contributed by atoms with Crippen molar-refractivity contribution >= 4 is 27.5 Å². The molecule has 6 nitrogen and oxygen atoms in total. The van der Waals surface area contributed by atoms with Crippen LogP contribution in [-0.2, 0) is 10.8 Å². The van der Waals surface area contributed by atoms with Crippen LogP contribution >= 0.6 is 0 Å². The van der Waals surface area contributed by atoms with Crippen LogP contribution in [0.25, 0.3) is 10.8 Å². The molecule has 1 heterocycles. The lowest BCUT2D eigenvalue weighted by Gasteiger charge is -2.07. The maximum absolute atomic E-state index is 13.6. The van der Waals surface area contributed by atoms with E-state index in [1.165, 1.54) is 18.2 Å². The Morgan fingerprint density at radius 3 is 2.56 bits per heavy atom. The molecule has 0 saturated carbocycles. The highest BCUT2D eigenvalue weighted by Crippen LogP contribution is 2.13. The summed E-state index contributed by atoms with van der Waals surface area (Å²) in [5.41, 5.74) is -0.306. The predicted octanol–water partition coefficient (Wildman–Crippen LogP) is 1.60. The summed E-state index contributed by atoms with van der Waals surface area (Å²) >= 11 is 0. The molecule has 1 amide bonds. The Balaban J connectivity index is 1.70. The van der Waals surface area contributed by atoms with E-state index in [1.54, 1.807) is 30.3 Å². The first-order valence-electron chi connectivity index (χ1n) is 7.46. The van der Waals surface area contributed by atoms with Gasteiger partial charge in [-0.15, -0.1) is 0 Å². The lowest BCUT2D eigenvalue weighted by atomic mass is 10.1. The Bertz CT molecular complexity index is 1020. The SMILES string of the molecule is O=C(NCCS(=O)c1ccccc1F)c1n[nH]c(=O)c2ccccc12. The summed E-state index contributed by atoms with van der Waals surface area (Å²) in [6.45, 7) is 0.0783. The molecule has 0 aliphatic rings. The zero-order chi connectivity index (χ0) is 17.8. The second-order valence-electron chi connectivity index (χ2n) is 5.18. The van der Waals surface area contributed by atoms with Crippen molar-refractivity contribution in [1.29, 1.82) is 0 Å². The average molecular weight is 359 g/mol. The number of carbonyl (C=O) groups excluding carboxylic acids is 1. The van der Waals surface area contributed by atoms with Gasteiger partial charge in [0.1, 0.15) is 5.82 Å². The van der Waals surface area contributed by atoms with Crippen molar-refractivity contribution in [2.75, 3.05) is 12.3 Å². The molecule has 0 radical (unpaired) electrons. The number of nitrogens with zero attached hydrogens (tertiary/aromatic N) is 1. The predicted molar refractivity (Wildman–Crippen MR) is 92.4 cm³/mol. The molecule has 8 heteroatoms. The lowest BCUT2D eigenvalue weighted by molar-refractivity contribution is 0.0952. The Kier molecular flexibility index (Phi) is 4.99. The van der Waals surface area contributed by atoms with Gasteiger partial charge < -0.3 is 5.32 Å². The summed E-state index contributed by atoms with van der Waals surface area (Å²) in [6.07, 6.45) is 0. The Labute approximate surface area is 144 Å². The van der Waals surface area contributed by atoms with Crippen LogP contribution in [0, 0.1) is 5.82 Å². The van der Waals surface area contributed by atoms with E-state index in [4.69, 9.17) is 0 Å². The third-order valence-electron chi connectivity index (χ3n) is 3.57. The first kappa shape index (κ1) is 17.0. The normalized spacial score (nSPS) is 12.0. The number of hydrogen-bond acceptors (Lipinski definition) is 4. The Hall–Kier alpha value is -2.87. The van der Waals surface area contributed by atoms with Crippen LogP contribution in [0.4, 0.5) is 4.39 Å². The fourth-order valence-electron chi connectivity index (χ4n) is 2.37. The molecule has 0 aliphatic carbocycles. The molecule has 3 aromatic rings. The molecule has 128 valence electrons. The zero-order valence-corrected chi connectivity index (χ0v) is 13.8. The maximum atomic E-state index is 13.6. The van der Waals surface area contributed by atoms with Gasteiger partial charge in [0.2, 0.25) is 0 Å². The van der Waals surface area contributed by atoms with Crippen LogP contribution in [0.2, 0.25) is 0 Å². The molecule has 3 rings (SSSR count). The van der Waals surface area contributed by atoms with Gasteiger partial charge in [-0.05, 0) is 18.2 Å². The molecule has 0 spiro atoms. The van der Waals surface area contributed by atoms with Crippen molar-refractivity contribution in [1.82, 2.24) is 15.5 Å². The fraction of sp³-hybridized carbons (Fsp3) is 0.118. The van der Waals surface area contributed by atoms with Crippen LogP contribution in [0.3, 0.4) is 0 Å². The van der Waals surface area contributed by atoms with Crippen molar-refractivity contribution in [3.8, 4) is 0 Å². The van der Waals surface area contributed by atoms with Gasteiger partial charge in [0, 0.05) is 17.7 Å². The summed E-state index contributed by atoms with van der Waals surface area (Å²) in [6, 6.07) is 12.4. The molecule has 2 N–H and O–H groups in total. The van der Waals surface area contributed by atoms with E-state index in [-0.39, 0.29) is 28.4 Å². The number of fused-ring (bicyclic) bond motifs is 1. The third kappa shape index (κ3) is 3.63. The van der Waals surface area contributed by atoms with E-state index in [0.717, 1.165) is 0 Å². The highest BCUT2D eigenvalue weighted by molar-refractivity contribution is 7.85. The number of aromatic nitrogens is 2. The van der Waals surface area contributed by atoms with Gasteiger partial charge in [-0.25, -0.2) is 9.49 Å². The van der Waals surface area contributed by atoms with Crippen LogP contribution in [0.15, 0.2) is 58.2 Å². The number of rotatable bonds is 5. The topological polar surface area (TPSA) is 91.9 Å². The smallest absolute Gasteiger partial charge is 0.272 e. The van der Waals surface area contributed by atoms with Gasteiger partial charge in [0.25, 0.3) is 11.5 Å². The van der Waals surface area contributed by atoms with Crippen molar-refractivity contribution < 1.29 is 13.4 Å². The van der Waals surface area contributed by atoms with Crippen LogP contribution in [-0.4, -0.2) is 32.6 Å². The number of nitrogens with one attached hydrogen (secondary N) is 2.